The lowest BCUT2D eigenvalue weighted by Gasteiger charge is -2.23. The van der Waals surface area contributed by atoms with Gasteiger partial charge in [-0.05, 0) is 37.2 Å². The number of rotatable bonds is 4. The summed E-state index contributed by atoms with van der Waals surface area (Å²) in [6, 6.07) is 0.611. The van der Waals surface area contributed by atoms with Gasteiger partial charge >= 0.3 is 0 Å². The molecule has 0 amide bonds. The number of aromatic nitrogens is 2. The van der Waals surface area contributed by atoms with E-state index in [9.17, 15) is 0 Å². The van der Waals surface area contributed by atoms with Crippen molar-refractivity contribution >= 4 is 11.5 Å². The Morgan fingerprint density at radius 3 is 2.75 bits per heavy atom. The van der Waals surface area contributed by atoms with Crippen LogP contribution in [0.25, 0.3) is 0 Å². The lowest BCUT2D eigenvalue weighted by molar-refractivity contribution is 0.335. The largest absolute Gasteiger partial charge is 0.308 e. The normalized spacial score (nSPS) is 20.6. The molecule has 1 atom stereocenters. The smallest absolute Gasteiger partial charge is 0.0893 e. The third-order valence-corrected chi connectivity index (χ3v) is 4.17. The highest BCUT2D eigenvalue weighted by atomic mass is 32.1. The first kappa shape index (κ1) is 12.0. The molecule has 0 radical (unpaired) electrons. The predicted octanol–water partition coefficient (Wildman–Crippen LogP) is 2.99. The van der Waals surface area contributed by atoms with Crippen LogP contribution in [0.4, 0.5) is 0 Å². The van der Waals surface area contributed by atoms with Gasteiger partial charge in [-0.25, -0.2) is 0 Å². The first-order chi connectivity index (χ1) is 7.86. The molecular formula is C12H21N3S. The van der Waals surface area contributed by atoms with E-state index in [0.717, 1.165) is 18.2 Å². The van der Waals surface area contributed by atoms with Crippen molar-refractivity contribution in [3.8, 4) is 0 Å². The Bertz CT molecular complexity index is 278. The van der Waals surface area contributed by atoms with E-state index in [0.29, 0.717) is 6.04 Å². The molecule has 1 saturated carbocycles. The summed E-state index contributed by atoms with van der Waals surface area (Å²) in [5.74, 6) is 0.856. The van der Waals surface area contributed by atoms with Crippen LogP contribution in [0.5, 0.6) is 0 Å². The molecule has 1 aromatic heterocycles. The fourth-order valence-electron chi connectivity index (χ4n) is 2.50. The molecule has 0 saturated heterocycles. The van der Waals surface area contributed by atoms with Gasteiger partial charge in [0.15, 0.2) is 0 Å². The van der Waals surface area contributed by atoms with Gasteiger partial charge in [-0.2, -0.15) is 0 Å². The standard InChI is InChI=1S/C12H21N3S/c1-10(11-6-4-2-3-5-7-11)13-8-12-9-16-15-14-12/h9-11,13H,2-8H2,1H3/t10-/m0/s1. The first-order valence-corrected chi connectivity index (χ1v) is 7.19. The van der Waals surface area contributed by atoms with E-state index in [1.165, 1.54) is 50.1 Å². The van der Waals surface area contributed by atoms with Crippen LogP contribution in [0, 0.1) is 5.92 Å². The van der Waals surface area contributed by atoms with Gasteiger partial charge in [0.05, 0.1) is 5.69 Å². The first-order valence-electron chi connectivity index (χ1n) is 6.35. The van der Waals surface area contributed by atoms with E-state index in [4.69, 9.17) is 0 Å². The summed E-state index contributed by atoms with van der Waals surface area (Å²) < 4.78 is 3.88. The van der Waals surface area contributed by atoms with Crippen LogP contribution >= 0.6 is 11.5 Å². The minimum atomic E-state index is 0.611. The van der Waals surface area contributed by atoms with E-state index >= 15 is 0 Å². The Morgan fingerprint density at radius 2 is 2.12 bits per heavy atom. The van der Waals surface area contributed by atoms with Crippen molar-refractivity contribution in [1.82, 2.24) is 14.9 Å². The van der Waals surface area contributed by atoms with Crippen molar-refractivity contribution in [1.29, 1.82) is 0 Å². The maximum Gasteiger partial charge on any atom is 0.0893 e. The van der Waals surface area contributed by atoms with Crippen LogP contribution in [0.15, 0.2) is 5.38 Å². The molecule has 1 aromatic rings. The number of hydrogen-bond donors (Lipinski definition) is 1. The minimum Gasteiger partial charge on any atom is -0.308 e. The molecule has 0 aliphatic heterocycles. The van der Waals surface area contributed by atoms with Crippen molar-refractivity contribution in [3.63, 3.8) is 0 Å². The summed E-state index contributed by atoms with van der Waals surface area (Å²) in [7, 11) is 0. The van der Waals surface area contributed by atoms with E-state index < -0.39 is 0 Å². The Balaban J connectivity index is 1.75. The van der Waals surface area contributed by atoms with Crippen LogP contribution in [0.3, 0.4) is 0 Å². The average Bonchev–Trinajstić information content (AvgIpc) is 2.66. The summed E-state index contributed by atoms with van der Waals surface area (Å²) in [5, 5.41) is 9.67. The molecule has 4 heteroatoms. The zero-order valence-electron chi connectivity index (χ0n) is 9.98. The summed E-state index contributed by atoms with van der Waals surface area (Å²) in [4.78, 5) is 0. The van der Waals surface area contributed by atoms with Crippen molar-refractivity contribution < 1.29 is 0 Å². The molecule has 1 heterocycles. The average molecular weight is 239 g/mol. The van der Waals surface area contributed by atoms with Gasteiger partial charge < -0.3 is 5.32 Å². The second-order valence-corrected chi connectivity index (χ2v) is 5.43. The van der Waals surface area contributed by atoms with Crippen molar-refractivity contribution in [2.45, 2.75) is 58.0 Å². The molecule has 90 valence electrons. The van der Waals surface area contributed by atoms with Gasteiger partial charge in [-0.1, -0.05) is 30.2 Å². The van der Waals surface area contributed by atoms with Gasteiger partial charge in [0.2, 0.25) is 0 Å². The highest BCUT2D eigenvalue weighted by Crippen LogP contribution is 2.25. The second kappa shape index (κ2) is 6.30. The zero-order valence-corrected chi connectivity index (χ0v) is 10.8. The van der Waals surface area contributed by atoms with Crippen LogP contribution < -0.4 is 5.32 Å². The van der Waals surface area contributed by atoms with Crippen LogP contribution in [-0.4, -0.2) is 15.6 Å². The van der Waals surface area contributed by atoms with Gasteiger partial charge in [0.1, 0.15) is 0 Å². The summed E-state index contributed by atoms with van der Waals surface area (Å²) in [6.07, 6.45) is 8.47. The Kier molecular flexibility index (Phi) is 4.72. The maximum atomic E-state index is 4.06. The van der Waals surface area contributed by atoms with E-state index in [-0.39, 0.29) is 0 Å². The van der Waals surface area contributed by atoms with Gasteiger partial charge in [-0.3, -0.25) is 0 Å². The number of nitrogens with one attached hydrogen (secondary N) is 1. The molecule has 1 N–H and O–H groups in total. The topological polar surface area (TPSA) is 37.8 Å². The van der Waals surface area contributed by atoms with Crippen LogP contribution in [0.2, 0.25) is 0 Å². The Labute approximate surface area is 102 Å². The molecule has 0 aromatic carbocycles. The third kappa shape index (κ3) is 3.52. The monoisotopic (exact) mass is 239 g/mol. The fourth-order valence-corrected chi connectivity index (χ4v) is 2.96. The minimum absolute atomic E-state index is 0.611. The molecule has 1 aliphatic rings. The molecule has 2 rings (SSSR count). The molecular weight excluding hydrogens is 218 g/mol. The van der Waals surface area contributed by atoms with E-state index in [2.05, 4.69) is 21.8 Å². The molecule has 3 nitrogen and oxygen atoms in total. The highest BCUT2D eigenvalue weighted by Gasteiger charge is 2.18. The van der Waals surface area contributed by atoms with Gasteiger partial charge in [0, 0.05) is 18.0 Å². The molecule has 1 aliphatic carbocycles. The number of hydrogen-bond acceptors (Lipinski definition) is 4. The molecule has 16 heavy (non-hydrogen) atoms. The molecule has 0 bridgehead atoms. The second-order valence-electron chi connectivity index (χ2n) is 4.82. The summed E-state index contributed by atoms with van der Waals surface area (Å²) in [6.45, 7) is 3.18. The van der Waals surface area contributed by atoms with Crippen molar-refractivity contribution in [2.24, 2.45) is 5.92 Å². The van der Waals surface area contributed by atoms with Crippen LogP contribution in [-0.2, 0) is 6.54 Å². The Hall–Kier alpha value is -0.480. The predicted molar refractivity (Wildman–Crippen MR) is 67.4 cm³/mol. The van der Waals surface area contributed by atoms with Gasteiger partial charge in [-0.15, -0.1) is 5.10 Å². The molecule has 1 fully saturated rings. The third-order valence-electron chi connectivity index (χ3n) is 3.62. The fraction of sp³-hybridized carbons (Fsp3) is 0.833. The summed E-state index contributed by atoms with van der Waals surface area (Å²) >= 11 is 1.43. The quantitative estimate of drug-likeness (QED) is 0.821. The molecule has 0 unspecified atom stereocenters. The SMILES string of the molecule is C[C@H](NCc1csnn1)C1CCCCCC1. The van der Waals surface area contributed by atoms with E-state index in [1.54, 1.807) is 0 Å². The van der Waals surface area contributed by atoms with Gasteiger partial charge in [0.25, 0.3) is 0 Å². The van der Waals surface area contributed by atoms with E-state index in [1.807, 2.05) is 5.38 Å². The highest BCUT2D eigenvalue weighted by molar-refractivity contribution is 7.03. The zero-order chi connectivity index (χ0) is 11.2. The molecule has 0 spiro atoms. The number of nitrogens with zero attached hydrogens (tertiary/aromatic N) is 2. The van der Waals surface area contributed by atoms with Crippen molar-refractivity contribution in [2.75, 3.05) is 0 Å². The van der Waals surface area contributed by atoms with Crippen LogP contribution in [0.1, 0.15) is 51.1 Å². The van der Waals surface area contributed by atoms with Crippen molar-refractivity contribution in [3.05, 3.63) is 11.1 Å². The summed E-state index contributed by atoms with van der Waals surface area (Å²) in [5.41, 5.74) is 1.07. The maximum absolute atomic E-state index is 4.06. The Morgan fingerprint density at radius 1 is 1.38 bits per heavy atom. The lowest BCUT2D eigenvalue weighted by Crippen LogP contribution is -2.33. The lowest BCUT2D eigenvalue weighted by atomic mass is 9.93.